The molecule has 0 radical (unpaired) electrons. The molecule has 1 saturated heterocycles. The fourth-order valence-corrected chi connectivity index (χ4v) is 3.21. The van der Waals surface area contributed by atoms with Gasteiger partial charge in [-0.2, -0.15) is 0 Å². The van der Waals surface area contributed by atoms with Gasteiger partial charge in [-0.15, -0.1) is 0 Å². The Kier molecular flexibility index (Phi) is 4.43. The standard InChI is InChI=1S/C14H26N2O/c1-3-12-4-6-13(7-5-12)14(17)16-9-8-15-11(2)10-16/h11-13,15H,3-10H2,1-2H3. The highest BCUT2D eigenvalue weighted by Crippen LogP contribution is 2.31. The van der Waals surface area contributed by atoms with E-state index in [9.17, 15) is 4.79 Å². The lowest BCUT2D eigenvalue weighted by Gasteiger charge is -2.36. The molecule has 2 rings (SSSR count). The van der Waals surface area contributed by atoms with Crippen molar-refractivity contribution in [3.8, 4) is 0 Å². The highest BCUT2D eigenvalue weighted by atomic mass is 16.2. The van der Waals surface area contributed by atoms with Crippen LogP contribution < -0.4 is 5.32 Å². The van der Waals surface area contributed by atoms with Crippen molar-refractivity contribution in [2.75, 3.05) is 19.6 Å². The zero-order valence-electron chi connectivity index (χ0n) is 11.2. The van der Waals surface area contributed by atoms with Crippen LogP contribution in [0, 0.1) is 11.8 Å². The van der Waals surface area contributed by atoms with E-state index < -0.39 is 0 Å². The van der Waals surface area contributed by atoms with Crippen LogP contribution in [0.5, 0.6) is 0 Å². The summed E-state index contributed by atoms with van der Waals surface area (Å²) >= 11 is 0. The van der Waals surface area contributed by atoms with Crippen molar-refractivity contribution in [1.29, 1.82) is 0 Å². The second kappa shape index (κ2) is 5.85. The Morgan fingerprint density at radius 2 is 2.00 bits per heavy atom. The summed E-state index contributed by atoms with van der Waals surface area (Å²) in [6.07, 6.45) is 6.04. The Labute approximate surface area is 105 Å². The van der Waals surface area contributed by atoms with Crippen molar-refractivity contribution in [2.45, 2.75) is 52.0 Å². The zero-order valence-corrected chi connectivity index (χ0v) is 11.2. The van der Waals surface area contributed by atoms with Crippen molar-refractivity contribution in [2.24, 2.45) is 11.8 Å². The van der Waals surface area contributed by atoms with Crippen molar-refractivity contribution in [1.82, 2.24) is 10.2 Å². The Bertz CT molecular complexity index is 259. The molecule has 1 saturated carbocycles. The molecular weight excluding hydrogens is 212 g/mol. The number of carbonyl (C=O) groups is 1. The first-order valence-electron chi connectivity index (χ1n) is 7.23. The molecule has 98 valence electrons. The van der Waals surface area contributed by atoms with Crippen LogP contribution in [0.2, 0.25) is 0 Å². The molecule has 0 bridgehead atoms. The van der Waals surface area contributed by atoms with Gasteiger partial charge < -0.3 is 10.2 Å². The third-order valence-corrected chi connectivity index (χ3v) is 4.45. The number of hydrogen-bond acceptors (Lipinski definition) is 2. The molecule has 1 unspecified atom stereocenters. The lowest BCUT2D eigenvalue weighted by Crippen LogP contribution is -2.53. The number of rotatable bonds is 2. The number of carbonyl (C=O) groups excluding carboxylic acids is 1. The maximum Gasteiger partial charge on any atom is 0.225 e. The second-order valence-corrected chi connectivity index (χ2v) is 5.77. The van der Waals surface area contributed by atoms with Crippen LogP contribution in [0.3, 0.4) is 0 Å². The van der Waals surface area contributed by atoms with Gasteiger partial charge in [-0.25, -0.2) is 0 Å². The summed E-state index contributed by atoms with van der Waals surface area (Å²) in [6.45, 7) is 7.18. The van der Waals surface area contributed by atoms with Gasteiger partial charge in [0.1, 0.15) is 0 Å². The Morgan fingerprint density at radius 3 is 2.59 bits per heavy atom. The zero-order chi connectivity index (χ0) is 12.3. The SMILES string of the molecule is CCC1CCC(C(=O)N2CCNC(C)C2)CC1. The van der Waals surface area contributed by atoms with E-state index >= 15 is 0 Å². The highest BCUT2D eigenvalue weighted by Gasteiger charge is 2.30. The van der Waals surface area contributed by atoms with Crippen LogP contribution in [0.4, 0.5) is 0 Å². The molecule has 0 aromatic carbocycles. The van der Waals surface area contributed by atoms with Crippen LogP contribution in [0.1, 0.15) is 46.0 Å². The van der Waals surface area contributed by atoms with Gasteiger partial charge in [-0.05, 0) is 38.5 Å². The summed E-state index contributed by atoms with van der Waals surface area (Å²) in [7, 11) is 0. The van der Waals surface area contributed by atoms with Gasteiger partial charge in [-0.1, -0.05) is 13.3 Å². The van der Waals surface area contributed by atoms with Crippen LogP contribution >= 0.6 is 0 Å². The van der Waals surface area contributed by atoms with Gasteiger partial charge in [0.25, 0.3) is 0 Å². The van der Waals surface area contributed by atoms with Crippen LogP contribution in [-0.2, 0) is 4.79 Å². The van der Waals surface area contributed by atoms with Crippen molar-refractivity contribution in [3.63, 3.8) is 0 Å². The number of piperazine rings is 1. The summed E-state index contributed by atoms with van der Waals surface area (Å²) in [4.78, 5) is 14.5. The minimum Gasteiger partial charge on any atom is -0.340 e. The molecule has 2 aliphatic rings. The van der Waals surface area contributed by atoms with Gasteiger partial charge in [0.2, 0.25) is 5.91 Å². The van der Waals surface area contributed by atoms with E-state index in [4.69, 9.17) is 0 Å². The van der Waals surface area contributed by atoms with Crippen molar-refractivity contribution >= 4 is 5.91 Å². The van der Waals surface area contributed by atoms with Gasteiger partial charge in [-0.3, -0.25) is 4.79 Å². The number of hydrogen-bond donors (Lipinski definition) is 1. The summed E-state index contributed by atoms with van der Waals surface area (Å²) in [6, 6.07) is 0.458. The summed E-state index contributed by atoms with van der Waals surface area (Å²) < 4.78 is 0. The number of nitrogens with one attached hydrogen (secondary N) is 1. The average Bonchev–Trinajstić information content (AvgIpc) is 2.38. The Balaban J connectivity index is 1.83. The van der Waals surface area contributed by atoms with E-state index in [1.165, 1.54) is 19.3 Å². The molecule has 0 aromatic rings. The summed E-state index contributed by atoms with van der Waals surface area (Å²) in [5.74, 6) is 1.62. The van der Waals surface area contributed by atoms with E-state index in [0.29, 0.717) is 17.9 Å². The summed E-state index contributed by atoms with van der Waals surface area (Å²) in [5, 5.41) is 3.39. The van der Waals surface area contributed by atoms with E-state index in [0.717, 1.165) is 38.4 Å². The first-order chi connectivity index (χ1) is 8.20. The number of nitrogens with zero attached hydrogens (tertiary/aromatic N) is 1. The third kappa shape index (κ3) is 3.21. The summed E-state index contributed by atoms with van der Waals surface area (Å²) in [5.41, 5.74) is 0. The molecule has 3 heteroatoms. The molecule has 17 heavy (non-hydrogen) atoms. The van der Waals surface area contributed by atoms with E-state index in [1.807, 2.05) is 0 Å². The molecule has 1 aliphatic heterocycles. The predicted octanol–water partition coefficient (Wildman–Crippen LogP) is 2.02. The minimum absolute atomic E-state index is 0.322. The van der Waals surface area contributed by atoms with E-state index in [1.54, 1.807) is 0 Å². The maximum atomic E-state index is 12.4. The fraction of sp³-hybridized carbons (Fsp3) is 0.929. The average molecular weight is 238 g/mol. The molecule has 3 nitrogen and oxygen atoms in total. The molecule has 1 heterocycles. The lowest BCUT2D eigenvalue weighted by atomic mass is 9.80. The second-order valence-electron chi connectivity index (χ2n) is 5.77. The molecule has 2 fully saturated rings. The monoisotopic (exact) mass is 238 g/mol. The molecule has 1 aliphatic carbocycles. The first kappa shape index (κ1) is 12.9. The smallest absolute Gasteiger partial charge is 0.225 e. The van der Waals surface area contributed by atoms with E-state index in [-0.39, 0.29) is 0 Å². The van der Waals surface area contributed by atoms with Gasteiger partial charge in [0.15, 0.2) is 0 Å². The largest absolute Gasteiger partial charge is 0.340 e. The maximum absolute atomic E-state index is 12.4. The fourth-order valence-electron chi connectivity index (χ4n) is 3.21. The van der Waals surface area contributed by atoms with Crippen LogP contribution in [0.25, 0.3) is 0 Å². The first-order valence-corrected chi connectivity index (χ1v) is 7.23. The molecule has 1 atom stereocenters. The molecule has 0 spiro atoms. The molecule has 1 N–H and O–H groups in total. The minimum atomic E-state index is 0.322. The Hall–Kier alpha value is -0.570. The topological polar surface area (TPSA) is 32.3 Å². The van der Waals surface area contributed by atoms with Gasteiger partial charge in [0, 0.05) is 31.6 Å². The molecule has 1 amide bonds. The van der Waals surface area contributed by atoms with Crippen molar-refractivity contribution in [3.05, 3.63) is 0 Å². The lowest BCUT2D eigenvalue weighted by molar-refractivity contribution is -0.138. The van der Waals surface area contributed by atoms with Crippen LogP contribution in [0.15, 0.2) is 0 Å². The third-order valence-electron chi connectivity index (χ3n) is 4.45. The van der Waals surface area contributed by atoms with E-state index in [2.05, 4.69) is 24.1 Å². The predicted molar refractivity (Wildman–Crippen MR) is 69.8 cm³/mol. The molecular formula is C14H26N2O. The molecule has 0 aromatic heterocycles. The highest BCUT2D eigenvalue weighted by molar-refractivity contribution is 5.79. The van der Waals surface area contributed by atoms with Gasteiger partial charge >= 0.3 is 0 Å². The van der Waals surface area contributed by atoms with Crippen LogP contribution in [-0.4, -0.2) is 36.5 Å². The quantitative estimate of drug-likeness (QED) is 0.798. The van der Waals surface area contributed by atoms with Gasteiger partial charge in [0.05, 0.1) is 0 Å². The normalized spacial score (nSPS) is 34.7. The van der Waals surface area contributed by atoms with Crippen molar-refractivity contribution < 1.29 is 4.79 Å². The Morgan fingerprint density at radius 1 is 1.29 bits per heavy atom. The number of amides is 1.